The number of aliphatic imine (C=N–C) groups is 1. The molecule has 0 amide bonds. The molecule has 0 aromatic heterocycles. The summed E-state index contributed by atoms with van der Waals surface area (Å²) in [6, 6.07) is 0. The number of hydrogen-bond donors (Lipinski definition) is 1. The summed E-state index contributed by atoms with van der Waals surface area (Å²) in [4.78, 5) is 6.76. The molecule has 0 saturated heterocycles. The second kappa shape index (κ2) is 6.27. The van der Waals surface area contributed by atoms with Gasteiger partial charge in [-0.3, -0.25) is 4.99 Å². The molecular weight excluding hydrogens is 210 g/mol. The Kier molecular flexibility index (Phi) is 5.29. The molecule has 17 heavy (non-hydrogen) atoms. The molecule has 1 saturated carbocycles. The molecule has 0 spiro atoms. The second-order valence-corrected chi connectivity index (χ2v) is 5.80. The molecule has 1 rings (SSSR count). The minimum Gasteiger partial charge on any atom is -0.370 e. The third kappa shape index (κ3) is 3.90. The lowest BCUT2D eigenvalue weighted by molar-refractivity contribution is 0.111. The van der Waals surface area contributed by atoms with E-state index < -0.39 is 0 Å². The van der Waals surface area contributed by atoms with Crippen LogP contribution in [-0.4, -0.2) is 30.5 Å². The highest BCUT2D eigenvalue weighted by atomic mass is 15.2. The van der Waals surface area contributed by atoms with Gasteiger partial charge in [0.1, 0.15) is 0 Å². The van der Waals surface area contributed by atoms with E-state index in [4.69, 9.17) is 5.73 Å². The Hall–Kier alpha value is -0.730. The van der Waals surface area contributed by atoms with E-state index in [2.05, 4.69) is 37.6 Å². The Morgan fingerprint density at radius 1 is 1.29 bits per heavy atom. The van der Waals surface area contributed by atoms with E-state index in [1.54, 1.807) is 0 Å². The summed E-state index contributed by atoms with van der Waals surface area (Å²) in [5.41, 5.74) is 6.50. The van der Waals surface area contributed by atoms with E-state index in [0.29, 0.717) is 5.41 Å². The Balaban J connectivity index is 2.54. The quantitative estimate of drug-likeness (QED) is 0.572. The molecule has 0 atom stereocenters. The fraction of sp³-hybridized carbons (Fsp3) is 0.929. The number of guanidine groups is 1. The normalized spacial score (nSPS) is 19.2. The molecule has 0 unspecified atom stereocenters. The average molecular weight is 239 g/mol. The van der Waals surface area contributed by atoms with Gasteiger partial charge >= 0.3 is 0 Å². The van der Waals surface area contributed by atoms with Gasteiger partial charge in [0, 0.05) is 19.6 Å². The summed E-state index contributed by atoms with van der Waals surface area (Å²) in [6.07, 6.45) is 5.33. The smallest absolute Gasteiger partial charge is 0.191 e. The Morgan fingerprint density at radius 2 is 1.88 bits per heavy atom. The first-order valence-corrected chi connectivity index (χ1v) is 7.08. The standard InChI is InChI=1S/C14H29N3/c1-5-17(6-2)13(15)16-11-14(8-7-9-14)10-12(3)4/h12H,5-11H2,1-4H3,(H2,15,16). The Labute approximate surface area is 106 Å². The molecule has 1 fully saturated rings. The molecule has 0 heterocycles. The largest absolute Gasteiger partial charge is 0.370 e. The summed E-state index contributed by atoms with van der Waals surface area (Å²) >= 11 is 0. The first-order valence-electron chi connectivity index (χ1n) is 7.08. The SMILES string of the molecule is CCN(CC)C(N)=NCC1(CC(C)C)CCC1. The molecule has 0 aromatic rings. The van der Waals surface area contributed by atoms with Crippen molar-refractivity contribution in [3.63, 3.8) is 0 Å². The van der Waals surface area contributed by atoms with Gasteiger partial charge in [-0.05, 0) is 44.4 Å². The van der Waals surface area contributed by atoms with E-state index in [1.807, 2.05) is 0 Å². The van der Waals surface area contributed by atoms with Gasteiger partial charge in [-0.15, -0.1) is 0 Å². The van der Waals surface area contributed by atoms with Crippen LogP contribution in [0.2, 0.25) is 0 Å². The van der Waals surface area contributed by atoms with E-state index in [1.165, 1.54) is 25.7 Å². The van der Waals surface area contributed by atoms with Crippen LogP contribution < -0.4 is 5.73 Å². The maximum absolute atomic E-state index is 6.03. The van der Waals surface area contributed by atoms with Gasteiger partial charge in [-0.25, -0.2) is 0 Å². The van der Waals surface area contributed by atoms with E-state index in [-0.39, 0.29) is 0 Å². The molecule has 100 valence electrons. The van der Waals surface area contributed by atoms with Gasteiger partial charge in [-0.2, -0.15) is 0 Å². The fourth-order valence-electron chi connectivity index (χ4n) is 2.87. The lowest BCUT2D eigenvalue weighted by atomic mass is 9.64. The summed E-state index contributed by atoms with van der Waals surface area (Å²) in [5.74, 6) is 1.49. The highest BCUT2D eigenvalue weighted by Crippen LogP contribution is 2.46. The van der Waals surface area contributed by atoms with E-state index in [9.17, 15) is 0 Å². The summed E-state index contributed by atoms with van der Waals surface area (Å²) in [5, 5.41) is 0. The van der Waals surface area contributed by atoms with E-state index >= 15 is 0 Å². The zero-order chi connectivity index (χ0) is 12.9. The Bertz CT molecular complexity index is 250. The average Bonchev–Trinajstić information content (AvgIpc) is 2.23. The van der Waals surface area contributed by atoms with Gasteiger partial charge < -0.3 is 10.6 Å². The van der Waals surface area contributed by atoms with Crippen LogP contribution in [-0.2, 0) is 0 Å². The molecule has 0 aromatic carbocycles. The summed E-state index contributed by atoms with van der Waals surface area (Å²) in [7, 11) is 0. The van der Waals surface area contributed by atoms with Gasteiger partial charge in [0.2, 0.25) is 0 Å². The van der Waals surface area contributed by atoms with Crippen molar-refractivity contribution in [2.45, 2.75) is 53.4 Å². The topological polar surface area (TPSA) is 41.6 Å². The van der Waals surface area contributed by atoms with Crippen molar-refractivity contribution >= 4 is 5.96 Å². The van der Waals surface area contributed by atoms with Crippen molar-refractivity contribution in [3.05, 3.63) is 0 Å². The first-order chi connectivity index (χ1) is 8.03. The molecule has 1 aliphatic rings. The Morgan fingerprint density at radius 3 is 2.24 bits per heavy atom. The number of hydrogen-bond acceptors (Lipinski definition) is 1. The van der Waals surface area contributed by atoms with Crippen LogP contribution in [0.3, 0.4) is 0 Å². The minimum atomic E-state index is 0.464. The lowest BCUT2D eigenvalue weighted by Crippen LogP contribution is -2.40. The van der Waals surface area contributed by atoms with Gasteiger partial charge in [0.05, 0.1) is 0 Å². The highest BCUT2D eigenvalue weighted by molar-refractivity contribution is 5.78. The van der Waals surface area contributed by atoms with Crippen LogP contribution in [0.15, 0.2) is 4.99 Å². The number of rotatable bonds is 6. The molecule has 3 heteroatoms. The number of nitrogens with two attached hydrogens (primary N) is 1. The van der Waals surface area contributed by atoms with Crippen LogP contribution in [0, 0.1) is 11.3 Å². The second-order valence-electron chi connectivity index (χ2n) is 5.80. The van der Waals surface area contributed by atoms with Crippen LogP contribution >= 0.6 is 0 Å². The third-order valence-corrected chi connectivity index (χ3v) is 3.92. The predicted molar refractivity (Wildman–Crippen MR) is 75.1 cm³/mol. The molecular formula is C14H29N3. The molecule has 0 aliphatic heterocycles. The summed E-state index contributed by atoms with van der Waals surface area (Å²) < 4.78 is 0. The van der Waals surface area contributed by atoms with Crippen LogP contribution in [0.5, 0.6) is 0 Å². The molecule has 1 aliphatic carbocycles. The zero-order valence-corrected chi connectivity index (χ0v) is 12.0. The van der Waals surface area contributed by atoms with Gasteiger partial charge in [-0.1, -0.05) is 20.3 Å². The highest BCUT2D eigenvalue weighted by Gasteiger charge is 2.37. The third-order valence-electron chi connectivity index (χ3n) is 3.92. The monoisotopic (exact) mass is 239 g/mol. The molecule has 2 N–H and O–H groups in total. The maximum Gasteiger partial charge on any atom is 0.191 e. The van der Waals surface area contributed by atoms with Gasteiger partial charge in [0.15, 0.2) is 5.96 Å². The van der Waals surface area contributed by atoms with Gasteiger partial charge in [0.25, 0.3) is 0 Å². The molecule has 3 nitrogen and oxygen atoms in total. The lowest BCUT2D eigenvalue weighted by Gasteiger charge is -2.42. The molecule has 0 radical (unpaired) electrons. The van der Waals surface area contributed by atoms with Crippen molar-refractivity contribution in [2.75, 3.05) is 19.6 Å². The van der Waals surface area contributed by atoms with E-state index in [0.717, 1.165) is 31.5 Å². The predicted octanol–water partition coefficient (Wildman–Crippen LogP) is 2.86. The van der Waals surface area contributed by atoms with Crippen molar-refractivity contribution in [3.8, 4) is 0 Å². The first kappa shape index (κ1) is 14.3. The summed E-state index contributed by atoms with van der Waals surface area (Å²) in [6.45, 7) is 11.7. The van der Waals surface area contributed by atoms with Crippen LogP contribution in [0.4, 0.5) is 0 Å². The van der Waals surface area contributed by atoms with Crippen molar-refractivity contribution in [2.24, 2.45) is 22.1 Å². The minimum absolute atomic E-state index is 0.464. The zero-order valence-electron chi connectivity index (χ0n) is 12.0. The number of nitrogens with zero attached hydrogens (tertiary/aromatic N) is 2. The maximum atomic E-state index is 6.03. The van der Waals surface area contributed by atoms with Crippen molar-refractivity contribution < 1.29 is 0 Å². The van der Waals surface area contributed by atoms with Crippen LogP contribution in [0.1, 0.15) is 53.4 Å². The van der Waals surface area contributed by atoms with Crippen LogP contribution in [0.25, 0.3) is 0 Å². The fourth-order valence-corrected chi connectivity index (χ4v) is 2.87. The van der Waals surface area contributed by atoms with Crippen molar-refractivity contribution in [1.29, 1.82) is 0 Å². The molecule has 0 bridgehead atoms. The van der Waals surface area contributed by atoms with Crippen molar-refractivity contribution in [1.82, 2.24) is 4.90 Å².